The smallest absolute Gasteiger partial charge is 0.320 e. The summed E-state index contributed by atoms with van der Waals surface area (Å²) in [6.45, 7) is 11.9. The zero-order chi connectivity index (χ0) is 31.9. The van der Waals surface area contributed by atoms with Crippen LogP contribution in [0.2, 0.25) is 0 Å². The molecule has 0 atom stereocenters. The average molecular weight is 621 g/mol. The molecule has 0 saturated carbocycles. The van der Waals surface area contributed by atoms with E-state index in [0.717, 1.165) is 39.1 Å². The van der Waals surface area contributed by atoms with Gasteiger partial charge >= 0.3 is 5.97 Å². The summed E-state index contributed by atoms with van der Waals surface area (Å²) >= 11 is 0. The van der Waals surface area contributed by atoms with Crippen molar-refractivity contribution in [3.63, 3.8) is 0 Å². The maximum atomic E-state index is 15.8. The molecule has 11 nitrogen and oxygen atoms in total. The molecule has 1 amide bonds. The summed E-state index contributed by atoms with van der Waals surface area (Å²) in [5.41, 5.74) is -0.00404. The number of carbonyl (C=O) groups is 2. The molecule has 3 aromatic rings. The van der Waals surface area contributed by atoms with Gasteiger partial charge in [-0.1, -0.05) is 12.1 Å². The number of para-hydroxylation sites is 2. The van der Waals surface area contributed by atoms with E-state index in [1.165, 1.54) is 17.2 Å². The van der Waals surface area contributed by atoms with Crippen LogP contribution in [-0.4, -0.2) is 114 Å². The molecule has 1 aromatic heterocycles. The van der Waals surface area contributed by atoms with Crippen LogP contribution >= 0.6 is 0 Å². The molecule has 0 unspecified atom stereocenters. The Morgan fingerprint density at radius 1 is 1.04 bits per heavy atom. The number of hydrogen-bond donors (Lipinski definition) is 1. The van der Waals surface area contributed by atoms with Crippen molar-refractivity contribution in [1.82, 2.24) is 24.2 Å². The molecule has 3 aliphatic heterocycles. The van der Waals surface area contributed by atoms with Crippen LogP contribution in [0.1, 0.15) is 37.6 Å². The van der Waals surface area contributed by atoms with Gasteiger partial charge < -0.3 is 34.1 Å². The lowest BCUT2D eigenvalue weighted by Gasteiger charge is -2.32. The molecule has 1 N–H and O–H groups in total. The van der Waals surface area contributed by atoms with Crippen molar-refractivity contribution in [1.29, 1.82) is 0 Å². The molecule has 45 heavy (non-hydrogen) atoms. The van der Waals surface area contributed by atoms with E-state index in [1.54, 1.807) is 36.3 Å². The summed E-state index contributed by atoms with van der Waals surface area (Å²) in [6.07, 6.45) is 2.35. The number of halogens is 1. The second kappa shape index (κ2) is 12.4. The molecule has 2 saturated heterocycles. The summed E-state index contributed by atoms with van der Waals surface area (Å²) < 4.78 is 29.2. The minimum Gasteiger partial charge on any atom is -0.459 e. The number of amides is 1. The molecule has 0 aliphatic carbocycles. The Bertz CT molecular complexity index is 1680. The van der Waals surface area contributed by atoms with Gasteiger partial charge in [-0.05, 0) is 59.0 Å². The van der Waals surface area contributed by atoms with Crippen LogP contribution in [0.4, 0.5) is 10.1 Å². The van der Waals surface area contributed by atoms with Crippen molar-refractivity contribution >= 4 is 28.5 Å². The van der Waals surface area contributed by atoms with E-state index >= 15 is 4.39 Å². The number of fused-ring (bicyclic) bond motifs is 2. The molecule has 12 heteroatoms. The topological polar surface area (TPSA) is 99.6 Å². The average Bonchev–Trinajstić information content (AvgIpc) is 3.45. The van der Waals surface area contributed by atoms with Crippen molar-refractivity contribution in [2.45, 2.75) is 32.8 Å². The molecule has 0 spiro atoms. The monoisotopic (exact) mass is 620 g/mol. The van der Waals surface area contributed by atoms with Crippen molar-refractivity contribution in [3.8, 4) is 17.2 Å². The minimum atomic E-state index is -0.616. The zero-order valence-electron chi connectivity index (χ0n) is 26.4. The Morgan fingerprint density at radius 2 is 1.78 bits per heavy atom. The fourth-order valence-electron chi connectivity index (χ4n) is 6.14. The summed E-state index contributed by atoms with van der Waals surface area (Å²) in [5, 5.41) is 3.30. The van der Waals surface area contributed by atoms with E-state index in [2.05, 4.69) is 22.2 Å². The fraction of sp³-hybridized carbons (Fsp3) is 0.485. The minimum absolute atomic E-state index is 0.0352. The Morgan fingerprint density at radius 3 is 2.53 bits per heavy atom. The van der Waals surface area contributed by atoms with Gasteiger partial charge in [0.2, 0.25) is 5.43 Å². The van der Waals surface area contributed by atoms with Gasteiger partial charge in [0.05, 0.1) is 24.3 Å². The lowest BCUT2D eigenvalue weighted by Crippen LogP contribution is -2.44. The summed E-state index contributed by atoms with van der Waals surface area (Å²) in [6, 6.07) is 8.48. The summed E-state index contributed by atoms with van der Waals surface area (Å²) in [4.78, 5) is 48.0. The number of anilines is 1. The van der Waals surface area contributed by atoms with Crippen molar-refractivity contribution in [2.75, 3.05) is 77.9 Å². The normalized spacial score (nSPS) is 17.3. The maximum absolute atomic E-state index is 15.8. The highest BCUT2D eigenvalue weighted by Crippen LogP contribution is 2.45. The molecule has 240 valence electrons. The van der Waals surface area contributed by atoms with Gasteiger partial charge in [0.1, 0.15) is 22.4 Å². The number of ether oxygens (including phenoxy) is 2. The van der Waals surface area contributed by atoms with Crippen molar-refractivity contribution in [2.24, 2.45) is 0 Å². The third-order valence-corrected chi connectivity index (χ3v) is 8.43. The number of benzene rings is 2. The first-order valence-corrected chi connectivity index (χ1v) is 15.6. The highest BCUT2D eigenvalue weighted by Gasteiger charge is 2.32. The fourth-order valence-corrected chi connectivity index (χ4v) is 6.14. The van der Waals surface area contributed by atoms with Crippen LogP contribution in [0.15, 0.2) is 41.3 Å². The van der Waals surface area contributed by atoms with E-state index < -0.39 is 22.8 Å². The van der Waals surface area contributed by atoms with Crippen LogP contribution in [0.25, 0.3) is 16.6 Å². The largest absolute Gasteiger partial charge is 0.459 e. The van der Waals surface area contributed by atoms with Crippen LogP contribution in [0.3, 0.4) is 0 Å². The number of aromatic nitrogens is 1. The van der Waals surface area contributed by atoms with E-state index in [9.17, 15) is 14.4 Å². The van der Waals surface area contributed by atoms with Crippen LogP contribution in [-0.2, 0) is 9.53 Å². The molecular weight excluding hydrogens is 579 g/mol. The van der Waals surface area contributed by atoms with Gasteiger partial charge in [0, 0.05) is 52.0 Å². The Balaban J connectivity index is 1.27. The zero-order valence-corrected chi connectivity index (χ0v) is 26.4. The number of carbonyl (C=O) groups excluding carboxylic acids is 2. The Labute approximate surface area is 262 Å². The van der Waals surface area contributed by atoms with Crippen molar-refractivity contribution < 1.29 is 23.5 Å². The third kappa shape index (κ3) is 6.54. The highest BCUT2D eigenvalue weighted by atomic mass is 19.1. The Kier molecular flexibility index (Phi) is 8.55. The standard InChI is InChI=1S/C33H41FN6O5/c1-33(2,3)45-27(41)20-38-16-17-39(21-38)32(43)23-19-40-25-8-5-6-9-26(25)44-31-28(24(34)18-22(29(31)40)30(23)42)35-10-7-11-37-14-12-36(4)13-15-37/h5-6,8-9,18-19,35H,7,10-17,20-21H2,1-4H3. The summed E-state index contributed by atoms with van der Waals surface area (Å²) in [5.74, 6) is -0.757. The molecule has 2 aromatic carbocycles. The first-order valence-electron chi connectivity index (χ1n) is 15.6. The molecule has 0 bridgehead atoms. The van der Waals surface area contributed by atoms with Gasteiger partial charge in [-0.15, -0.1) is 0 Å². The van der Waals surface area contributed by atoms with E-state index in [4.69, 9.17) is 9.47 Å². The predicted molar refractivity (Wildman–Crippen MR) is 170 cm³/mol. The molecule has 0 radical (unpaired) electrons. The number of nitrogens with one attached hydrogen (secondary N) is 1. The summed E-state index contributed by atoms with van der Waals surface area (Å²) in [7, 11) is 2.12. The number of pyridine rings is 1. The molecule has 6 rings (SSSR count). The quantitative estimate of drug-likeness (QED) is 0.235. The second-order valence-electron chi connectivity index (χ2n) is 13.0. The van der Waals surface area contributed by atoms with E-state index in [-0.39, 0.29) is 41.6 Å². The predicted octanol–water partition coefficient (Wildman–Crippen LogP) is 3.34. The van der Waals surface area contributed by atoms with Gasteiger partial charge in [-0.2, -0.15) is 0 Å². The first kappa shape index (κ1) is 31.0. The van der Waals surface area contributed by atoms with Gasteiger partial charge in [-0.3, -0.25) is 19.3 Å². The number of esters is 1. The van der Waals surface area contributed by atoms with Crippen LogP contribution in [0, 0.1) is 5.82 Å². The lowest BCUT2D eigenvalue weighted by molar-refractivity contribution is -0.155. The van der Waals surface area contributed by atoms with Crippen LogP contribution < -0.4 is 15.5 Å². The number of nitrogens with zero attached hydrogens (tertiary/aromatic N) is 5. The molecule has 3 aliphatic rings. The number of hydrogen-bond acceptors (Lipinski definition) is 9. The molecule has 2 fully saturated rings. The van der Waals surface area contributed by atoms with Gasteiger partial charge in [-0.25, -0.2) is 4.39 Å². The number of piperazine rings is 1. The third-order valence-electron chi connectivity index (χ3n) is 8.43. The molecular formula is C33H41FN6O5. The number of likely N-dealkylation sites (N-methyl/N-ethyl adjacent to an activating group) is 1. The SMILES string of the molecule is CN1CCN(CCCNc2c(F)cc3c(=O)c(C(=O)N4CCN(CC(=O)OC(C)(C)C)C4)cn4c3c2Oc2ccccc2-4)CC1. The second-order valence-corrected chi connectivity index (χ2v) is 13.0. The van der Waals surface area contributed by atoms with Crippen LogP contribution in [0.5, 0.6) is 11.5 Å². The van der Waals surface area contributed by atoms with Gasteiger partial charge in [0.25, 0.3) is 5.91 Å². The Hall–Kier alpha value is -4.00. The van der Waals surface area contributed by atoms with Crippen molar-refractivity contribution in [3.05, 3.63) is 58.1 Å². The van der Waals surface area contributed by atoms with Gasteiger partial charge in [0.15, 0.2) is 17.3 Å². The maximum Gasteiger partial charge on any atom is 0.320 e. The highest BCUT2D eigenvalue weighted by molar-refractivity contribution is 6.01. The first-order chi connectivity index (χ1) is 21.5. The van der Waals surface area contributed by atoms with E-state index in [0.29, 0.717) is 36.6 Å². The lowest BCUT2D eigenvalue weighted by atomic mass is 10.1. The number of rotatable bonds is 8. The molecule has 4 heterocycles. The van der Waals surface area contributed by atoms with E-state index in [1.807, 2.05) is 18.2 Å².